The van der Waals surface area contributed by atoms with Crippen molar-refractivity contribution in [3.05, 3.63) is 24.3 Å². The summed E-state index contributed by atoms with van der Waals surface area (Å²) in [6.07, 6.45) is 1.19. The van der Waals surface area contributed by atoms with Gasteiger partial charge in [-0.15, -0.1) is 0 Å². The molecule has 0 atom stereocenters. The van der Waals surface area contributed by atoms with Gasteiger partial charge in [0, 0.05) is 45.0 Å². The van der Waals surface area contributed by atoms with E-state index >= 15 is 0 Å². The molecule has 1 aliphatic heterocycles. The number of hydrogen-bond donors (Lipinski definition) is 1. The van der Waals surface area contributed by atoms with Gasteiger partial charge in [-0.3, -0.25) is 4.90 Å². The third-order valence-electron chi connectivity index (χ3n) is 3.60. The van der Waals surface area contributed by atoms with E-state index in [0.29, 0.717) is 6.54 Å². The number of sulfonamides is 1. The van der Waals surface area contributed by atoms with Crippen molar-refractivity contribution in [3.63, 3.8) is 0 Å². The third kappa shape index (κ3) is 5.18. The largest absolute Gasteiger partial charge is 0.497 e. The molecule has 0 radical (unpaired) electrons. The van der Waals surface area contributed by atoms with Gasteiger partial charge < -0.3 is 9.64 Å². The highest BCUT2D eigenvalue weighted by Gasteiger charge is 2.17. The van der Waals surface area contributed by atoms with E-state index in [9.17, 15) is 8.42 Å². The third-order valence-corrected chi connectivity index (χ3v) is 4.33. The first-order valence-corrected chi connectivity index (χ1v) is 8.93. The minimum atomic E-state index is -3.08. The number of nitrogens with one attached hydrogen (secondary N) is 1. The number of nitrogens with zero attached hydrogens (tertiary/aromatic N) is 2. The van der Waals surface area contributed by atoms with Crippen LogP contribution in [0.4, 0.5) is 5.69 Å². The van der Waals surface area contributed by atoms with Crippen LogP contribution >= 0.6 is 0 Å². The molecule has 2 rings (SSSR count). The molecule has 1 aromatic carbocycles. The number of hydrogen-bond acceptors (Lipinski definition) is 5. The maximum atomic E-state index is 11.0. The fourth-order valence-electron chi connectivity index (χ4n) is 2.41. The van der Waals surface area contributed by atoms with E-state index < -0.39 is 10.0 Å². The van der Waals surface area contributed by atoms with Crippen molar-refractivity contribution in [2.75, 3.05) is 57.5 Å². The van der Waals surface area contributed by atoms with E-state index in [1.165, 1.54) is 11.9 Å². The second-order valence-corrected chi connectivity index (χ2v) is 7.03. The molecule has 1 N–H and O–H groups in total. The van der Waals surface area contributed by atoms with E-state index in [2.05, 4.69) is 26.7 Å². The number of piperazine rings is 1. The molecule has 1 fully saturated rings. The normalized spacial score (nSPS) is 17.0. The standard InChI is InChI=1S/C14H23N3O3S/c1-20-14-5-3-13(4-6-14)17-11-9-16(10-12-17)8-7-15-21(2,18)19/h3-6,15H,7-12H2,1-2H3. The quantitative estimate of drug-likeness (QED) is 0.822. The molecule has 21 heavy (non-hydrogen) atoms. The minimum Gasteiger partial charge on any atom is -0.497 e. The van der Waals surface area contributed by atoms with Crippen LogP contribution in [0.1, 0.15) is 0 Å². The molecule has 0 aromatic heterocycles. The lowest BCUT2D eigenvalue weighted by molar-refractivity contribution is 0.262. The minimum absolute atomic E-state index is 0.474. The van der Waals surface area contributed by atoms with Crippen molar-refractivity contribution in [2.45, 2.75) is 0 Å². The first-order chi connectivity index (χ1) is 9.98. The van der Waals surface area contributed by atoms with Crippen LogP contribution in [0.5, 0.6) is 5.75 Å². The van der Waals surface area contributed by atoms with Gasteiger partial charge in [0.1, 0.15) is 5.75 Å². The predicted octanol–water partition coefficient (Wildman–Crippen LogP) is 0.366. The van der Waals surface area contributed by atoms with E-state index in [-0.39, 0.29) is 0 Å². The molecule has 0 saturated carbocycles. The fourth-order valence-corrected chi connectivity index (χ4v) is 2.87. The van der Waals surface area contributed by atoms with Crippen LogP contribution in [0, 0.1) is 0 Å². The fraction of sp³-hybridized carbons (Fsp3) is 0.571. The number of benzene rings is 1. The molecule has 1 aliphatic rings. The lowest BCUT2D eigenvalue weighted by Gasteiger charge is -2.36. The van der Waals surface area contributed by atoms with Gasteiger partial charge >= 0.3 is 0 Å². The van der Waals surface area contributed by atoms with Gasteiger partial charge in [-0.05, 0) is 24.3 Å². The molecule has 0 spiro atoms. The van der Waals surface area contributed by atoms with Crippen molar-refractivity contribution >= 4 is 15.7 Å². The van der Waals surface area contributed by atoms with Crippen molar-refractivity contribution < 1.29 is 13.2 Å². The van der Waals surface area contributed by atoms with Crippen LogP contribution < -0.4 is 14.4 Å². The second kappa shape index (κ2) is 7.11. The highest BCUT2D eigenvalue weighted by molar-refractivity contribution is 7.88. The molecule has 6 nitrogen and oxygen atoms in total. The predicted molar refractivity (Wildman–Crippen MR) is 84.5 cm³/mol. The first-order valence-electron chi connectivity index (χ1n) is 7.04. The molecule has 0 unspecified atom stereocenters. The van der Waals surface area contributed by atoms with E-state index in [1.807, 2.05) is 12.1 Å². The summed E-state index contributed by atoms with van der Waals surface area (Å²) in [4.78, 5) is 4.61. The summed E-state index contributed by atoms with van der Waals surface area (Å²) in [5, 5.41) is 0. The maximum Gasteiger partial charge on any atom is 0.208 e. The van der Waals surface area contributed by atoms with Crippen molar-refractivity contribution in [2.24, 2.45) is 0 Å². The average molecular weight is 313 g/mol. The number of methoxy groups -OCH3 is 1. The van der Waals surface area contributed by atoms with Crippen LogP contribution in [0.25, 0.3) is 0 Å². The van der Waals surface area contributed by atoms with Gasteiger partial charge in [0.25, 0.3) is 0 Å². The Morgan fingerprint density at radius 1 is 1.14 bits per heavy atom. The molecule has 118 valence electrons. The highest BCUT2D eigenvalue weighted by atomic mass is 32.2. The van der Waals surface area contributed by atoms with Crippen molar-refractivity contribution in [1.29, 1.82) is 0 Å². The molecule has 0 amide bonds. The van der Waals surface area contributed by atoms with Gasteiger partial charge in [-0.2, -0.15) is 0 Å². The summed E-state index contributed by atoms with van der Waals surface area (Å²) in [5.41, 5.74) is 1.20. The smallest absolute Gasteiger partial charge is 0.208 e. The Hall–Kier alpha value is -1.31. The Kier molecular flexibility index (Phi) is 5.44. The first kappa shape index (κ1) is 16.1. The summed E-state index contributed by atoms with van der Waals surface area (Å²) in [7, 11) is -1.42. The lowest BCUT2D eigenvalue weighted by atomic mass is 10.2. The van der Waals surface area contributed by atoms with Crippen molar-refractivity contribution in [1.82, 2.24) is 9.62 Å². The Bertz CT molecular complexity index is 537. The van der Waals surface area contributed by atoms with Crippen LogP contribution in [0.3, 0.4) is 0 Å². The van der Waals surface area contributed by atoms with Crippen LogP contribution in [0.2, 0.25) is 0 Å². The van der Waals surface area contributed by atoms with Crippen LogP contribution in [-0.2, 0) is 10.0 Å². The Balaban J connectivity index is 1.77. The average Bonchev–Trinajstić information content (AvgIpc) is 2.47. The molecular weight excluding hydrogens is 290 g/mol. The lowest BCUT2D eigenvalue weighted by Crippen LogP contribution is -2.48. The van der Waals surface area contributed by atoms with Gasteiger partial charge in [-0.25, -0.2) is 13.1 Å². The van der Waals surface area contributed by atoms with E-state index in [4.69, 9.17) is 4.74 Å². The van der Waals surface area contributed by atoms with Gasteiger partial charge in [-0.1, -0.05) is 0 Å². The molecule has 0 aliphatic carbocycles. The summed E-state index contributed by atoms with van der Waals surface area (Å²) in [6, 6.07) is 8.08. The topological polar surface area (TPSA) is 61.9 Å². The highest BCUT2D eigenvalue weighted by Crippen LogP contribution is 2.20. The molecule has 7 heteroatoms. The summed E-state index contributed by atoms with van der Waals surface area (Å²) < 4.78 is 29.7. The number of anilines is 1. The summed E-state index contributed by atoms with van der Waals surface area (Å²) in [5.74, 6) is 0.865. The zero-order valence-electron chi connectivity index (χ0n) is 12.6. The van der Waals surface area contributed by atoms with E-state index in [1.54, 1.807) is 7.11 Å². The summed E-state index contributed by atoms with van der Waals surface area (Å²) in [6.45, 7) is 5.01. The zero-order chi connectivity index (χ0) is 15.3. The molecule has 1 saturated heterocycles. The Morgan fingerprint density at radius 2 is 1.76 bits per heavy atom. The molecule has 0 bridgehead atoms. The summed E-state index contributed by atoms with van der Waals surface area (Å²) >= 11 is 0. The Labute approximate surface area is 126 Å². The SMILES string of the molecule is COc1ccc(N2CCN(CCNS(C)(=O)=O)CC2)cc1. The van der Waals surface area contributed by atoms with Gasteiger partial charge in [0.2, 0.25) is 10.0 Å². The molecule has 1 heterocycles. The van der Waals surface area contributed by atoms with Gasteiger partial charge in [0.05, 0.1) is 13.4 Å². The molecular formula is C14H23N3O3S. The zero-order valence-corrected chi connectivity index (χ0v) is 13.4. The maximum absolute atomic E-state index is 11.0. The van der Waals surface area contributed by atoms with Crippen molar-refractivity contribution in [3.8, 4) is 5.75 Å². The van der Waals surface area contributed by atoms with Gasteiger partial charge in [0.15, 0.2) is 0 Å². The Morgan fingerprint density at radius 3 is 2.29 bits per heavy atom. The second-order valence-electron chi connectivity index (χ2n) is 5.19. The molecule has 1 aromatic rings. The number of ether oxygens (including phenoxy) is 1. The number of rotatable bonds is 6. The van der Waals surface area contributed by atoms with Crippen LogP contribution in [-0.4, -0.2) is 66.0 Å². The van der Waals surface area contributed by atoms with E-state index in [0.717, 1.165) is 38.5 Å². The monoisotopic (exact) mass is 313 g/mol. The van der Waals surface area contributed by atoms with Crippen LogP contribution in [0.15, 0.2) is 24.3 Å².